The molecule has 2 heterocycles. The lowest BCUT2D eigenvalue weighted by molar-refractivity contribution is 0.384. The maximum atomic E-state index is 13.4. The van der Waals surface area contributed by atoms with Crippen molar-refractivity contribution < 1.29 is 21.2 Å². The number of halogens is 1. The highest BCUT2D eigenvalue weighted by Crippen LogP contribution is 2.32. The molecule has 2 fully saturated rings. The molecule has 2 aromatic rings. The summed E-state index contributed by atoms with van der Waals surface area (Å²) in [5.74, 6) is -0.189. The molecule has 2 saturated heterocycles. The summed E-state index contributed by atoms with van der Waals surface area (Å²) < 4.78 is 67.9. The number of nitrogens with zero attached hydrogens (tertiary/aromatic N) is 3. The Morgan fingerprint density at radius 2 is 1.53 bits per heavy atom. The molecule has 0 aliphatic carbocycles. The van der Waals surface area contributed by atoms with E-state index in [2.05, 4.69) is 0 Å². The summed E-state index contributed by atoms with van der Waals surface area (Å²) in [5, 5.41) is 0. The largest absolute Gasteiger partial charge is 0.369 e. The van der Waals surface area contributed by atoms with Gasteiger partial charge in [-0.15, -0.1) is 0 Å². The zero-order valence-corrected chi connectivity index (χ0v) is 19.9. The molecule has 174 valence electrons. The van der Waals surface area contributed by atoms with Crippen molar-refractivity contribution in [1.82, 2.24) is 4.31 Å². The Balaban J connectivity index is 1.55. The fourth-order valence-electron chi connectivity index (χ4n) is 4.36. The number of hydrogen-bond acceptors (Lipinski definition) is 5. The predicted octanol–water partition coefficient (Wildman–Crippen LogP) is 2.88. The van der Waals surface area contributed by atoms with Crippen LogP contribution in [0.3, 0.4) is 0 Å². The minimum Gasteiger partial charge on any atom is -0.369 e. The van der Waals surface area contributed by atoms with E-state index in [9.17, 15) is 21.2 Å². The molecule has 2 aromatic carbocycles. The minimum atomic E-state index is -3.73. The van der Waals surface area contributed by atoms with Crippen molar-refractivity contribution in [2.45, 2.75) is 31.6 Å². The maximum Gasteiger partial charge on any atom is 0.243 e. The summed E-state index contributed by atoms with van der Waals surface area (Å²) in [6.07, 6.45) is 1.43. The summed E-state index contributed by atoms with van der Waals surface area (Å²) in [6.45, 7) is 5.53. The van der Waals surface area contributed by atoms with Gasteiger partial charge in [0.05, 0.1) is 16.3 Å². The van der Waals surface area contributed by atoms with Crippen molar-refractivity contribution >= 4 is 31.4 Å². The first-order valence-corrected chi connectivity index (χ1v) is 13.8. The van der Waals surface area contributed by atoms with Gasteiger partial charge in [0.25, 0.3) is 0 Å². The van der Waals surface area contributed by atoms with Crippen molar-refractivity contribution in [2.75, 3.05) is 47.7 Å². The van der Waals surface area contributed by atoms with Crippen LogP contribution in [0.4, 0.5) is 15.8 Å². The highest BCUT2D eigenvalue weighted by Gasteiger charge is 2.32. The second-order valence-corrected chi connectivity index (χ2v) is 12.3. The summed E-state index contributed by atoms with van der Waals surface area (Å²) in [5.41, 5.74) is 2.58. The molecular formula is C22H28FN3O4S2. The molecule has 0 bridgehead atoms. The van der Waals surface area contributed by atoms with Crippen LogP contribution in [-0.2, 0) is 20.0 Å². The third kappa shape index (κ3) is 4.35. The van der Waals surface area contributed by atoms with Crippen LogP contribution in [0.25, 0.3) is 0 Å². The molecule has 0 radical (unpaired) electrons. The summed E-state index contributed by atoms with van der Waals surface area (Å²) >= 11 is 0. The van der Waals surface area contributed by atoms with E-state index in [4.69, 9.17) is 0 Å². The lowest BCUT2D eigenvalue weighted by atomic mass is 10.1. The minimum absolute atomic E-state index is 0.115. The highest BCUT2D eigenvalue weighted by molar-refractivity contribution is 7.92. The van der Waals surface area contributed by atoms with Gasteiger partial charge in [0.1, 0.15) is 5.82 Å². The standard InChI is InChI=1S/C22H28FN3O4S2/c1-17-16-22(18(2)15-21(17)26-9-3-4-14-31(26,27)28)32(29,30)25-12-10-24(11-13-25)20-7-5-19(23)6-8-20/h5-8,15-16H,3-4,9-14H2,1-2H3. The second-order valence-electron chi connectivity index (χ2n) is 8.37. The topological polar surface area (TPSA) is 78.0 Å². The van der Waals surface area contributed by atoms with Gasteiger partial charge in [-0.25, -0.2) is 21.2 Å². The van der Waals surface area contributed by atoms with Crippen LogP contribution in [0.2, 0.25) is 0 Å². The molecule has 0 spiro atoms. The predicted molar refractivity (Wildman–Crippen MR) is 124 cm³/mol. The number of anilines is 2. The van der Waals surface area contributed by atoms with Crippen LogP contribution in [-0.4, -0.2) is 59.6 Å². The molecule has 0 atom stereocenters. The smallest absolute Gasteiger partial charge is 0.243 e. The fourth-order valence-corrected chi connectivity index (χ4v) is 7.76. The zero-order valence-electron chi connectivity index (χ0n) is 18.3. The lowest BCUT2D eigenvalue weighted by Crippen LogP contribution is -2.48. The quantitative estimate of drug-likeness (QED) is 0.671. The Bertz CT molecular complexity index is 1210. The van der Waals surface area contributed by atoms with E-state index in [0.29, 0.717) is 56.0 Å². The van der Waals surface area contributed by atoms with Crippen LogP contribution in [0.15, 0.2) is 41.3 Å². The van der Waals surface area contributed by atoms with Crippen molar-refractivity contribution in [1.29, 1.82) is 0 Å². The first kappa shape index (κ1) is 23.0. The maximum absolute atomic E-state index is 13.4. The second kappa shape index (κ2) is 8.64. The SMILES string of the molecule is Cc1cc(S(=O)(=O)N2CCN(c3ccc(F)cc3)CC2)c(C)cc1N1CCCCS1(=O)=O. The molecular weight excluding hydrogens is 453 g/mol. The van der Waals surface area contributed by atoms with Gasteiger partial charge >= 0.3 is 0 Å². The fraction of sp³-hybridized carbons (Fsp3) is 0.455. The van der Waals surface area contributed by atoms with Crippen LogP contribution in [0.5, 0.6) is 0 Å². The highest BCUT2D eigenvalue weighted by atomic mass is 32.2. The van der Waals surface area contributed by atoms with E-state index in [1.807, 2.05) is 4.90 Å². The van der Waals surface area contributed by atoms with Crippen LogP contribution in [0.1, 0.15) is 24.0 Å². The Kier molecular flexibility index (Phi) is 6.21. The average molecular weight is 482 g/mol. The molecule has 10 heteroatoms. The molecule has 0 unspecified atom stereocenters. The number of benzene rings is 2. The monoisotopic (exact) mass is 481 g/mol. The number of sulfonamides is 2. The number of aryl methyl sites for hydroxylation is 2. The van der Waals surface area contributed by atoms with Gasteiger partial charge in [-0.1, -0.05) is 0 Å². The van der Waals surface area contributed by atoms with Gasteiger partial charge < -0.3 is 4.90 Å². The molecule has 0 N–H and O–H groups in total. The van der Waals surface area contributed by atoms with Gasteiger partial charge in [-0.2, -0.15) is 4.31 Å². The number of rotatable bonds is 4. The van der Waals surface area contributed by atoms with Gasteiger partial charge in [0.15, 0.2) is 0 Å². The molecule has 4 rings (SSSR count). The lowest BCUT2D eigenvalue weighted by Gasteiger charge is -2.36. The van der Waals surface area contributed by atoms with E-state index in [1.54, 1.807) is 38.1 Å². The first-order valence-electron chi connectivity index (χ1n) is 10.7. The van der Waals surface area contributed by atoms with Gasteiger partial charge in [0, 0.05) is 38.4 Å². The summed E-state index contributed by atoms with van der Waals surface area (Å²) in [7, 11) is -7.10. The molecule has 2 aliphatic rings. The molecule has 0 saturated carbocycles. The van der Waals surface area contributed by atoms with E-state index in [-0.39, 0.29) is 16.5 Å². The molecule has 0 aromatic heterocycles. The van der Waals surface area contributed by atoms with E-state index < -0.39 is 20.0 Å². The summed E-state index contributed by atoms with van der Waals surface area (Å²) in [4.78, 5) is 2.25. The van der Waals surface area contributed by atoms with Gasteiger partial charge in [-0.3, -0.25) is 4.31 Å². The Labute approximate surface area is 189 Å². The van der Waals surface area contributed by atoms with Crippen LogP contribution < -0.4 is 9.21 Å². The Hall–Kier alpha value is -2.17. The molecule has 7 nitrogen and oxygen atoms in total. The number of piperazine rings is 1. The first-order chi connectivity index (χ1) is 15.1. The average Bonchev–Trinajstić information content (AvgIpc) is 2.75. The zero-order chi connectivity index (χ0) is 23.1. The van der Waals surface area contributed by atoms with Crippen molar-refractivity contribution in [2.24, 2.45) is 0 Å². The number of hydrogen-bond donors (Lipinski definition) is 0. The van der Waals surface area contributed by atoms with Crippen molar-refractivity contribution in [3.05, 3.63) is 53.3 Å². The Morgan fingerprint density at radius 3 is 2.16 bits per heavy atom. The van der Waals surface area contributed by atoms with Gasteiger partial charge in [-0.05, 0) is 74.2 Å². The van der Waals surface area contributed by atoms with Crippen molar-refractivity contribution in [3.8, 4) is 0 Å². The third-order valence-corrected chi connectivity index (χ3v) is 10.1. The molecule has 0 amide bonds. The van der Waals surface area contributed by atoms with E-state index >= 15 is 0 Å². The van der Waals surface area contributed by atoms with Crippen LogP contribution >= 0.6 is 0 Å². The van der Waals surface area contributed by atoms with E-state index in [1.165, 1.54) is 20.7 Å². The molecule has 32 heavy (non-hydrogen) atoms. The third-order valence-electron chi connectivity index (χ3n) is 6.16. The summed E-state index contributed by atoms with van der Waals surface area (Å²) in [6, 6.07) is 9.46. The van der Waals surface area contributed by atoms with E-state index in [0.717, 1.165) is 12.1 Å². The normalized spacial score (nSPS) is 19.8. The van der Waals surface area contributed by atoms with Crippen LogP contribution in [0, 0.1) is 19.7 Å². The Morgan fingerprint density at radius 1 is 0.875 bits per heavy atom. The van der Waals surface area contributed by atoms with Gasteiger partial charge in [0.2, 0.25) is 20.0 Å². The molecule has 2 aliphatic heterocycles. The van der Waals surface area contributed by atoms with Crippen molar-refractivity contribution in [3.63, 3.8) is 0 Å².